The molecule has 1 aromatic carbocycles. The van der Waals surface area contributed by atoms with Gasteiger partial charge in [-0.25, -0.2) is 9.18 Å². The second-order valence-corrected chi connectivity index (χ2v) is 5.30. The third kappa shape index (κ3) is 2.92. The Hall–Kier alpha value is -2.76. The number of amides is 1. The largest absolute Gasteiger partial charge is 0.465 e. The monoisotopic (exact) mass is 314 g/mol. The van der Waals surface area contributed by atoms with Crippen LogP contribution in [0, 0.1) is 5.82 Å². The summed E-state index contributed by atoms with van der Waals surface area (Å²) in [6.45, 7) is 0.848. The van der Waals surface area contributed by atoms with Gasteiger partial charge in [-0.3, -0.25) is 9.78 Å². The zero-order valence-electron chi connectivity index (χ0n) is 12.6. The smallest absolute Gasteiger partial charge is 0.339 e. The third-order valence-corrected chi connectivity index (χ3v) is 3.92. The Labute approximate surface area is 132 Å². The normalized spacial score (nSPS) is 13.4. The highest BCUT2D eigenvalue weighted by Gasteiger charge is 2.25. The maximum absolute atomic E-state index is 13.0. The minimum absolute atomic E-state index is 0.167. The molecular weight excluding hydrogens is 299 g/mol. The molecule has 1 aliphatic rings. The molecule has 0 unspecified atom stereocenters. The predicted molar refractivity (Wildman–Crippen MR) is 80.4 cm³/mol. The molecule has 118 valence electrons. The molecule has 0 spiro atoms. The van der Waals surface area contributed by atoms with E-state index in [2.05, 4.69) is 4.98 Å². The summed E-state index contributed by atoms with van der Waals surface area (Å²) in [6, 6.07) is 5.47. The van der Waals surface area contributed by atoms with Gasteiger partial charge in [-0.15, -0.1) is 0 Å². The van der Waals surface area contributed by atoms with Gasteiger partial charge >= 0.3 is 5.97 Å². The van der Waals surface area contributed by atoms with E-state index >= 15 is 0 Å². The maximum atomic E-state index is 13.0. The van der Waals surface area contributed by atoms with Gasteiger partial charge in [0.1, 0.15) is 5.82 Å². The molecule has 2 aromatic rings. The number of carbonyl (C=O) groups is 2. The van der Waals surface area contributed by atoms with Crippen molar-refractivity contribution in [3.8, 4) is 0 Å². The second-order valence-electron chi connectivity index (χ2n) is 5.30. The fourth-order valence-electron chi connectivity index (χ4n) is 2.73. The molecule has 0 saturated carbocycles. The van der Waals surface area contributed by atoms with Gasteiger partial charge in [0.05, 0.1) is 12.7 Å². The zero-order chi connectivity index (χ0) is 16.4. The van der Waals surface area contributed by atoms with Crippen LogP contribution in [0.5, 0.6) is 0 Å². The van der Waals surface area contributed by atoms with Crippen molar-refractivity contribution in [2.45, 2.75) is 13.0 Å². The average Bonchev–Trinajstić information content (AvgIpc) is 2.60. The fraction of sp³-hybridized carbons (Fsp3) is 0.235. The van der Waals surface area contributed by atoms with Gasteiger partial charge in [0.25, 0.3) is 5.91 Å². The van der Waals surface area contributed by atoms with E-state index in [9.17, 15) is 14.0 Å². The van der Waals surface area contributed by atoms with Crippen molar-refractivity contribution in [2.24, 2.45) is 0 Å². The Kier molecular flexibility index (Phi) is 4.06. The van der Waals surface area contributed by atoms with Crippen molar-refractivity contribution in [1.29, 1.82) is 0 Å². The Morgan fingerprint density at radius 2 is 1.96 bits per heavy atom. The first-order chi connectivity index (χ1) is 11.1. The summed E-state index contributed by atoms with van der Waals surface area (Å²) in [5.41, 5.74) is 2.58. The average molecular weight is 314 g/mol. The number of methoxy groups -OCH3 is 1. The van der Waals surface area contributed by atoms with Crippen LogP contribution < -0.4 is 0 Å². The summed E-state index contributed by atoms with van der Waals surface area (Å²) in [5.74, 6) is -0.968. The number of hydrogen-bond donors (Lipinski definition) is 0. The summed E-state index contributed by atoms with van der Waals surface area (Å²) in [6.07, 6.45) is 3.70. The lowest BCUT2D eigenvalue weighted by Crippen LogP contribution is -2.36. The van der Waals surface area contributed by atoms with E-state index in [0.717, 1.165) is 11.1 Å². The molecule has 1 aromatic heterocycles. The molecule has 0 fully saturated rings. The van der Waals surface area contributed by atoms with E-state index in [1.807, 2.05) is 0 Å². The molecule has 3 rings (SSSR count). The first-order valence-corrected chi connectivity index (χ1v) is 7.19. The van der Waals surface area contributed by atoms with Crippen LogP contribution >= 0.6 is 0 Å². The van der Waals surface area contributed by atoms with Crippen molar-refractivity contribution >= 4 is 11.9 Å². The van der Waals surface area contributed by atoms with Crippen molar-refractivity contribution in [3.63, 3.8) is 0 Å². The molecule has 2 heterocycles. The van der Waals surface area contributed by atoms with E-state index in [1.165, 1.54) is 37.6 Å². The first kappa shape index (κ1) is 15.1. The van der Waals surface area contributed by atoms with Gasteiger partial charge < -0.3 is 9.64 Å². The SMILES string of the molecule is COC(=O)c1cncc2c1CCN(C(=O)c1ccc(F)cc1)C2. The van der Waals surface area contributed by atoms with E-state index in [1.54, 1.807) is 11.1 Å². The molecule has 0 aliphatic carbocycles. The van der Waals surface area contributed by atoms with Crippen molar-refractivity contribution < 1.29 is 18.7 Å². The van der Waals surface area contributed by atoms with E-state index in [4.69, 9.17) is 4.74 Å². The molecule has 1 amide bonds. The number of aromatic nitrogens is 1. The summed E-state index contributed by atoms with van der Waals surface area (Å²) in [5, 5.41) is 0. The molecule has 0 N–H and O–H groups in total. The highest BCUT2D eigenvalue weighted by molar-refractivity contribution is 5.95. The second kappa shape index (κ2) is 6.16. The van der Waals surface area contributed by atoms with Gasteiger partial charge in [0.15, 0.2) is 0 Å². The first-order valence-electron chi connectivity index (χ1n) is 7.19. The molecule has 0 radical (unpaired) electrons. The van der Waals surface area contributed by atoms with E-state index in [-0.39, 0.29) is 11.7 Å². The van der Waals surface area contributed by atoms with Gasteiger partial charge in [0.2, 0.25) is 0 Å². The summed E-state index contributed by atoms with van der Waals surface area (Å²) in [7, 11) is 1.33. The molecule has 23 heavy (non-hydrogen) atoms. The standard InChI is InChI=1S/C17H15FN2O3/c1-23-17(22)15-9-19-8-12-10-20(7-6-14(12)15)16(21)11-2-4-13(18)5-3-11/h2-5,8-9H,6-7,10H2,1H3. The zero-order valence-corrected chi connectivity index (χ0v) is 12.6. The molecular formula is C17H15FN2O3. The molecule has 5 nitrogen and oxygen atoms in total. The molecule has 0 bridgehead atoms. The van der Waals surface area contributed by atoms with E-state index in [0.29, 0.717) is 30.6 Å². The van der Waals surface area contributed by atoms with Crippen LogP contribution in [-0.2, 0) is 17.7 Å². The number of nitrogens with zero attached hydrogens (tertiary/aromatic N) is 2. The maximum Gasteiger partial charge on any atom is 0.339 e. The van der Waals surface area contributed by atoms with Crippen LogP contribution in [0.1, 0.15) is 31.8 Å². The van der Waals surface area contributed by atoms with E-state index < -0.39 is 5.97 Å². The van der Waals surface area contributed by atoms with Gasteiger partial charge in [-0.1, -0.05) is 0 Å². The van der Waals surface area contributed by atoms with Crippen LogP contribution in [0.25, 0.3) is 0 Å². The Balaban J connectivity index is 1.84. The van der Waals surface area contributed by atoms with Crippen LogP contribution in [-0.4, -0.2) is 35.4 Å². The minimum atomic E-state index is -0.423. The Morgan fingerprint density at radius 3 is 2.65 bits per heavy atom. The molecule has 0 saturated heterocycles. The number of fused-ring (bicyclic) bond motifs is 1. The fourth-order valence-corrected chi connectivity index (χ4v) is 2.73. The van der Waals surface area contributed by atoms with Crippen molar-refractivity contribution in [2.75, 3.05) is 13.7 Å². The third-order valence-electron chi connectivity index (χ3n) is 3.92. The Bertz CT molecular complexity index is 759. The number of hydrogen-bond acceptors (Lipinski definition) is 4. The van der Waals surface area contributed by atoms with Crippen molar-refractivity contribution in [1.82, 2.24) is 9.88 Å². The van der Waals surface area contributed by atoms with Crippen LogP contribution in [0.4, 0.5) is 4.39 Å². The highest BCUT2D eigenvalue weighted by Crippen LogP contribution is 2.23. The lowest BCUT2D eigenvalue weighted by molar-refractivity contribution is 0.0598. The van der Waals surface area contributed by atoms with Crippen LogP contribution in [0.3, 0.4) is 0 Å². The lowest BCUT2D eigenvalue weighted by atomic mass is 9.96. The number of esters is 1. The van der Waals surface area contributed by atoms with Crippen LogP contribution in [0.2, 0.25) is 0 Å². The van der Waals surface area contributed by atoms with Crippen molar-refractivity contribution in [3.05, 3.63) is 64.7 Å². The molecule has 1 aliphatic heterocycles. The number of halogens is 1. The van der Waals surface area contributed by atoms with Gasteiger partial charge in [-0.2, -0.15) is 0 Å². The minimum Gasteiger partial charge on any atom is -0.465 e. The quantitative estimate of drug-likeness (QED) is 0.797. The van der Waals surface area contributed by atoms with Gasteiger partial charge in [0, 0.05) is 31.0 Å². The number of pyridine rings is 1. The summed E-state index contributed by atoms with van der Waals surface area (Å²) in [4.78, 5) is 30.0. The summed E-state index contributed by atoms with van der Waals surface area (Å²) < 4.78 is 17.7. The number of benzene rings is 1. The molecule has 0 atom stereocenters. The number of ether oxygens (including phenoxy) is 1. The lowest BCUT2D eigenvalue weighted by Gasteiger charge is -2.29. The van der Waals surface area contributed by atoms with Crippen LogP contribution in [0.15, 0.2) is 36.7 Å². The Morgan fingerprint density at radius 1 is 1.22 bits per heavy atom. The topological polar surface area (TPSA) is 59.5 Å². The number of carbonyl (C=O) groups excluding carboxylic acids is 2. The van der Waals surface area contributed by atoms with Gasteiger partial charge in [-0.05, 0) is 41.8 Å². The molecule has 6 heteroatoms. The highest BCUT2D eigenvalue weighted by atomic mass is 19.1. The predicted octanol–water partition coefficient (Wildman–Crippen LogP) is 2.21. The number of rotatable bonds is 2. The summed E-state index contributed by atoms with van der Waals surface area (Å²) >= 11 is 0.